The predicted octanol–water partition coefficient (Wildman–Crippen LogP) is 3.29. The molecule has 0 saturated heterocycles. The molecule has 0 radical (unpaired) electrons. The molecule has 1 N–H and O–H groups in total. The molecule has 0 aliphatic rings. The number of benzene rings is 1. The van der Waals surface area contributed by atoms with Crippen molar-refractivity contribution in [1.82, 2.24) is 9.97 Å². The smallest absolute Gasteiger partial charge is 0.356 e. The average molecular weight is 297 g/mol. The summed E-state index contributed by atoms with van der Waals surface area (Å²) in [5.74, 6) is -0.0225. The van der Waals surface area contributed by atoms with E-state index in [2.05, 4.69) is 9.97 Å². The predicted molar refractivity (Wildman–Crippen MR) is 85.1 cm³/mol. The zero-order chi connectivity index (χ0) is 15.9. The third kappa shape index (κ3) is 3.97. The Kier molecular flexibility index (Phi) is 5.36. The number of aromatic nitrogens is 2. The molecule has 1 aromatic heterocycles. The Morgan fingerprint density at radius 3 is 2.59 bits per heavy atom. The molecule has 2 rings (SSSR count). The van der Waals surface area contributed by atoms with Crippen LogP contribution in [0.2, 0.25) is 0 Å². The Morgan fingerprint density at radius 2 is 1.95 bits per heavy atom. The normalized spacial score (nSPS) is 10.3. The number of nitrogens with one attached hydrogen (secondary N) is 1. The van der Waals surface area contributed by atoms with Crippen molar-refractivity contribution >= 4 is 11.7 Å². The summed E-state index contributed by atoms with van der Waals surface area (Å²) >= 11 is 0. The van der Waals surface area contributed by atoms with Gasteiger partial charge in [0.05, 0.1) is 12.8 Å². The number of nitrogens with zero attached hydrogens (tertiary/aromatic N) is 2. The van der Waals surface area contributed by atoms with Gasteiger partial charge in [0, 0.05) is 17.7 Å². The number of hydrogen-bond acceptors (Lipinski definition) is 5. The quantitative estimate of drug-likeness (QED) is 0.655. The molecule has 1 heterocycles. The van der Waals surface area contributed by atoms with Gasteiger partial charge in [0.15, 0.2) is 11.5 Å². The molecule has 0 aliphatic heterocycles. The summed E-state index contributed by atoms with van der Waals surface area (Å²) < 4.78 is 4.75. The van der Waals surface area contributed by atoms with Crippen LogP contribution in [0.5, 0.6) is 0 Å². The van der Waals surface area contributed by atoms with Gasteiger partial charge in [-0.2, -0.15) is 0 Å². The van der Waals surface area contributed by atoms with Crippen molar-refractivity contribution in [3.63, 3.8) is 0 Å². The molecule has 2 aromatic rings. The summed E-state index contributed by atoms with van der Waals surface area (Å²) in [6.07, 6.45) is 2.05. The van der Waals surface area contributed by atoms with Gasteiger partial charge in [0.2, 0.25) is 0 Å². The van der Waals surface area contributed by atoms with E-state index in [9.17, 15) is 4.79 Å². The van der Waals surface area contributed by atoms with E-state index in [1.54, 1.807) is 6.07 Å². The van der Waals surface area contributed by atoms with E-state index in [0.29, 0.717) is 23.7 Å². The third-order valence-corrected chi connectivity index (χ3v) is 3.15. The fourth-order valence-electron chi connectivity index (χ4n) is 2.12. The lowest BCUT2D eigenvalue weighted by Crippen LogP contribution is -2.10. The zero-order valence-corrected chi connectivity index (χ0v) is 12.8. The molecule has 0 saturated carbocycles. The molecule has 0 atom stereocenters. The number of carbonyl (C=O) groups is 1. The number of esters is 1. The van der Waals surface area contributed by atoms with Crippen LogP contribution in [0.3, 0.4) is 0 Å². The third-order valence-electron chi connectivity index (χ3n) is 3.15. The van der Waals surface area contributed by atoms with Crippen molar-refractivity contribution in [3.8, 4) is 11.4 Å². The Morgan fingerprint density at radius 1 is 1.23 bits per heavy atom. The first-order chi connectivity index (χ1) is 10.6. The lowest BCUT2D eigenvalue weighted by Gasteiger charge is -2.08. The van der Waals surface area contributed by atoms with Gasteiger partial charge in [-0.3, -0.25) is 0 Å². The molecule has 22 heavy (non-hydrogen) atoms. The lowest BCUT2D eigenvalue weighted by atomic mass is 10.1. The van der Waals surface area contributed by atoms with Gasteiger partial charge in [0.25, 0.3) is 0 Å². The number of hydrogen-bond donors (Lipinski definition) is 1. The summed E-state index contributed by atoms with van der Waals surface area (Å²) in [7, 11) is 1.32. The van der Waals surface area contributed by atoms with Crippen LogP contribution < -0.4 is 0 Å². The molecule has 0 aliphatic carbocycles. The molecule has 114 valence electrons. The molecule has 0 amide bonds. The van der Waals surface area contributed by atoms with Crippen molar-refractivity contribution in [2.24, 2.45) is 0 Å². The molecule has 0 unspecified atom stereocenters. The van der Waals surface area contributed by atoms with Gasteiger partial charge < -0.3 is 10.1 Å². The van der Waals surface area contributed by atoms with Crippen LogP contribution in [0.1, 0.15) is 35.9 Å². The monoisotopic (exact) mass is 297 g/mol. The van der Waals surface area contributed by atoms with Crippen LogP contribution in [0.15, 0.2) is 36.4 Å². The summed E-state index contributed by atoms with van der Waals surface area (Å²) in [4.78, 5) is 20.5. The summed E-state index contributed by atoms with van der Waals surface area (Å²) in [6.45, 7) is 2.03. The van der Waals surface area contributed by atoms with Crippen molar-refractivity contribution < 1.29 is 9.53 Å². The zero-order valence-electron chi connectivity index (χ0n) is 12.8. The highest BCUT2D eigenvalue weighted by atomic mass is 16.5. The van der Waals surface area contributed by atoms with Crippen LogP contribution in [0, 0.1) is 5.41 Å². The number of methoxy groups -OCH3 is 1. The van der Waals surface area contributed by atoms with Gasteiger partial charge in [-0.05, 0) is 12.5 Å². The molecule has 1 aromatic carbocycles. The largest absolute Gasteiger partial charge is 0.464 e. The number of rotatable bonds is 6. The van der Waals surface area contributed by atoms with Gasteiger partial charge in [0.1, 0.15) is 0 Å². The molecular formula is C17H19N3O2. The van der Waals surface area contributed by atoms with Crippen LogP contribution in [0.25, 0.3) is 11.4 Å². The fourth-order valence-corrected chi connectivity index (χ4v) is 2.12. The first-order valence-electron chi connectivity index (χ1n) is 7.22. The molecule has 5 nitrogen and oxygen atoms in total. The van der Waals surface area contributed by atoms with Crippen molar-refractivity contribution in [2.75, 3.05) is 7.11 Å². The average Bonchev–Trinajstić information content (AvgIpc) is 2.54. The van der Waals surface area contributed by atoms with Crippen molar-refractivity contribution in [2.45, 2.75) is 26.2 Å². The van der Waals surface area contributed by atoms with Gasteiger partial charge >= 0.3 is 5.97 Å². The van der Waals surface area contributed by atoms with Crippen molar-refractivity contribution in [1.29, 1.82) is 5.41 Å². The second kappa shape index (κ2) is 7.45. The first kappa shape index (κ1) is 15.8. The van der Waals surface area contributed by atoms with Crippen LogP contribution >= 0.6 is 0 Å². The Hall–Kier alpha value is -2.56. The summed E-state index contributed by atoms with van der Waals surface area (Å²) in [5, 5.41) is 7.95. The van der Waals surface area contributed by atoms with Gasteiger partial charge in [-0.15, -0.1) is 0 Å². The maximum Gasteiger partial charge on any atom is 0.356 e. The minimum Gasteiger partial charge on any atom is -0.464 e. The minimum absolute atomic E-state index is 0.218. The topological polar surface area (TPSA) is 75.9 Å². The standard InChI is InChI=1S/C17H19N3O2/c1-3-7-13(18)10-14-11-15(17(21)22-2)20-16(19-14)12-8-5-4-6-9-12/h4-6,8-9,11,18H,3,7,10H2,1-2H3. The van der Waals surface area contributed by atoms with Crippen LogP contribution in [0.4, 0.5) is 0 Å². The maximum atomic E-state index is 11.8. The Balaban J connectivity index is 2.41. The molecule has 0 bridgehead atoms. The SMILES string of the molecule is CCCC(=N)Cc1cc(C(=O)OC)nc(-c2ccccc2)n1. The second-order valence-corrected chi connectivity index (χ2v) is 4.96. The van der Waals surface area contributed by atoms with E-state index in [4.69, 9.17) is 10.1 Å². The van der Waals surface area contributed by atoms with Gasteiger partial charge in [-0.25, -0.2) is 14.8 Å². The van der Waals surface area contributed by atoms with Crippen molar-refractivity contribution in [3.05, 3.63) is 47.8 Å². The fraction of sp³-hybridized carbons (Fsp3) is 0.294. The Labute approximate surface area is 129 Å². The highest BCUT2D eigenvalue weighted by Gasteiger charge is 2.14. The lowest BCUT2D eigenvalue weighted by molar-refractivity contribution is 0.0594. The van der Waals surface area contributed by atoms with E-state index in [-0.39, 0.29) is 5.69 Å². The maximum absolute atomic E-state index is 11.8. The van der Waals surface area contributed by atoms with Crippen LogP contribution in [-0.2, 0) is 11.2 Å². The molecule has 0 spiro atoms. The summed E-state index contributed by atoms with van der Waals surface area (Å²) in [6, 6.07) is 11.1. The molecular weight excluding hydrogens is 278 g/mol. The van der Waals surface area contributed by atoms with Gasteiger partial charge in [-0.1, -0.05) is 43.7 Å². The van der Waals surface area contributed by atoms with E-state index in [0.717, 1.165) is 18.4 Å². The van der Waals surface area contributed by atoms with E-state index in [1.807, 2.05) is 37.3 Å². The number of ether oxygens (including phenoxy) is 1. The van der Waals surface area contributed by atoms with Crippen LogP contribution in [-0.4, -0.2) is 28.8 Å². The number of carbonyl (C=O) groups excluding carboxylic acids is 1. The Bertz CT molecular complexity index is 669. The highest BCUT2D eigenvalue weighted by Crippen LogP contribution is 2.16. The second-order valence-electron chi connectivity index (χ2n) is 4.96. The van der Waals surface area contributed by atoms with E-state index >= 15 is 0 Å². The molecule has 0 fully saturated rings. The van der Waals surface area contributed by atoms with E-state index in [1.165, 1.54) is 7.11 Å². The van der Waals surface area contributed by atoms with E-state index < -0.39 is 5.97 Å². The first-order valence-corrected chi connectivity index (χ1v) is 7.22. The summed E-state index contributed by atoms with van der Waals surface area (Å²) in [5.41, 5.74) is 2.30. The molecule has 5 heteroatoms. The minimum atomic E-state index is -0.497. The highest BCUT2D eigenvalue weighted by molar-refractivity contribution is 5.88.